The first-order chi connectivity index (χ1) is 8.78. The molecule has 18 heavy (non-hydrogen) atoms. The largest absolute Gasteiger partial charge is 0.399 e. The zero-order chi connectivity index (χ0) is 12.5. The molecule has 1 aromatic carbocycles. The number of hydrogen-bond donors (Lipinski definition) is 1. The van der Waals surface area contributed by atoms with Crippen LogP contribution in [0.4, 0.5) is 5.69 Å². The fraction of sp³-hybridized carbons (Fsp3) is 0. The molecule has 0 radical (unpaired) electrons. The van der Waals surface area contributed by atoms with E-state index in [0.717, 1.165) is 22.8 Å². The van der Waals surface area contributed by atoms with Gasteiger partial charge in [0.1, 0.15) is 0 Å². The van der Waals surface area contributed by atoms with Crippen LogP contribution in [0.2, 0.25) is 0 Å². The van der Waals surface area contributed by atoms with E-state index in [9.17, 15) is 4.79 Å². The van der Waals surface area contributed by atoms with Crippen LogP contribution in [0.1, 0.15) is 10.4 Å². The number of pyridine rings is 1. The fourth-order valence-corrected chi connectivity index (χ4v) is 2.56. The Bertz CT molecular complexity index is 720. The van der Waals surface area contributed by atoms with Crippen LogP contribution in [0.3, 0.4) is 0 Å². The number of rotatable bonds is 2. The first-order valence-electron chi connectivity index (χ1n) is 5.46. The van der Waals surface area contributed by atoms with Gasteiger partial charge in [0.05, 0.1) is 11.2 Å². The molecule has 3 nitrogen and oxygen atoms in total. The highest BCUT2D eigenvalue weighted by atomic mass is 32.1. The summed E-state index contributed by atoms with van der Waals surface area (Å²) in [5.41, 5.74) is 9.51. The summed E-state index contributed by atoms with van der Waals surface area (Å²) >= 11 is 1.58. The Hall–Kier alpha value is -2.20. The van der Waals surface area contributed by atoms with Crippen LogP contribution in [0.5, 0.6) is 0 Å². The van der Waals surface area contributed by atoms with Crippen molar-refractivity contribution in [2.45, 2.75) is 0 Å². The Morgan fingerprint density at radius 1 is 1.22 bits per heavy atom. The van der Waals surface area contributed by atoms with Crippen molar-refractivity contribution < 1.29 is 4.79 Å². The van der Waals surface area contributed by atoms with Crippen LogP contribution in [-0.2, 0) is 0 Å². The zero-order valence-electron chi connectivity index (χ0n) is 9.46. The average Bonchev–Trinajstić information content (AvgIpc) is 2.90. The van der Waals surface area contributed by atoms with Gasteiger partial charge < -0.3 is 5.73 Å². The predicted octanol–water partition coefficient (Wildman–Crippen LogP) is 3.36. The Morgan fingerprint density at radius 2 is 2.11 bits per heavy atom. The van der Waals surface area contributed by atoms with Crippen LogP contribution in [0.25, 0.3) is 22.2 Å². The Morgan fingerprint density at radius 3 is 2.83 bits per heavy atom. The van der Waals surface area contributed by atoms with E-state index in [1.165, 1.54) is 0 Å². The predicted molar refractivity (Wildman–Crippen MR) is 74.9 cm³/mol. The molecule has 0 aliphatic rings. The topological polar surface area (TPSA) is 56.0 Å². The summed E-state index contributed by atoms with van der Waals surface area (Å²) in [6.07, 6.45) is 0.843. The summed E-state index contributed by atoms with van der Waals surface area (Å²) < 4.78 is 0. The van der Waals surface area contributed by atoms with Crippen molar-refractivity contribution in [1.82, 2.24) is 4.98 Å². The number of carbonyl (C=O) groups excluding carboxylic acids is 1. The molecular formula is C14H10N2OS. The number of nitrogens with two attached hydrogens (primary N) is 1. The lowest BCUT2D eigenvalue weighted by molar-refractivity contribution is 0.112. The molecule has 0 unspecified atom stereocenters. The van der Waals surface area contributed by atoms with Crippen LogP contribution < -0.4 is 5.73 Å². The Kier molecular flexibility index (Phi) is 2.57. The van der Waals surface area contributed by atoms with Crippen molar-refractivity contribution in [2.75, 3.05) is 5.73 Å². The molecule has 0 aliphatic heterocycles. The fourth-order valence-electron chi connectivity index (χ4n) is 1.92. The number of fused-ring (bicyclic) bond motifs is 1. The summed E-state index contributed by atoms with van der Waals surface area (Å²) in [5, 5.41) is 4.87. The number of thiophene rings is 1. The molecule has 0 saturated carbocycles. The van der Waals surface area contributed by atoms with Crippen molar-refractivity contribution in [3.63, 3.8) is 0 Å². The van der Waals surface area contributed by atoms with Crippen LogP contribution in [0, 0.1) is 0 Å². The van der Waals surface area contributed by atoms with Crippen molar-refractivity contribution >= 4 is 34.2 Å². The summed E-state index contributed by atoms with van der Waals surface area (Å²) in [5.74, 6) is 0. The molecule has 2 N–H and O–H groups in total. The maximum absolute atomic E-state index is 11.2. The minimum Gasteiger partial charge on any atom is -0.399 e. The minimum absolute atomic E-state index is 0.602. The molecule has 0 bridgehead atoms. The van der Waals surface area contributed by atoms with E-state index >= 15 is 0 Å². The molecule has 0 atom stereocenters. The minimum atomic E-state index is 0.602. The lowest BCUT2D eigenvalue weighted by atomic mass is 10.1. The highest BCUT2D eigenvalue weighted by molar-refractivity contribution is 7.08. The van der Waals surface area contributed by atoms with Crippen molar-refractivity contribution in [1.29, 1.82) is 0 Å². The summed E-state index contributed by atoms with van der Waals surface area (Å²) in [6, 6.07) is 9.31. The Labute approximate surface area is 108 Å². The monoisotopic (exact) mass is 254 g/mol. The van der Waals surface area contributed by atoms with E-state index in [4.69, 9.17) is 5.73 Å². The third kappa shape index (κ3) is 1.76. The van der Waals surface area contributed by atoms with Gasteiger partial charge in [0.2, 0.25) is 0 Å². The van der Waals surface area contributed by atoms with Crippen molar-refractivity contribution in [3.8, 4) is 11.3 Å². The number of aromatic nitrogens is 1. The van der Waals surface area contributed by atoms with Gasteiger partial charge in [-0.2, -0.15) is 11.3 Å². The van der Waals surface area contributed by atoms with Gasteiger partial charge >= 0.3 is 0 Å². The van der Waals surface area contributed by atoms with E-state index in [0.29, 0.717) is 16.9 Å². The number of nitrogen functional groups attached to an aromatic ring is 1. The molecule has 3 aromatic rings. The highest BCUT2D eigenvalue weighted by Crippen LogP contribution is 2.27. The molecule has 4 heteroatoms. The number of aldehydes is 1. The van der Waals surface area contributed by atoms with Gasteiger partial charge in [-0.05, 0) is 29.6 Å². The second-order valence-corrected chi connectivity index (χ2v) is 4.79. The van der Waals surface area contributed by atoms with Crippen molar-refractivity contribution in [3.05, 3.63) is 46.7 Å². The van der Waals surface area contributed by atoms with Crippen LogP contribution in [0.15, 0.2) is 41.1 Å². The summed E-state index contributed by atoms with van der Waals surface area (Å²) in [4.78, 5) is 15.7. The number of nitrogens with zero attached hydrogens (tertiary/aromatic N) is 1. The molecule has 2 heterocycles. The molecule has 0 spiro atoms. The van der Waals surface area contributed by atoms with Crippen LogP contribution >= 0.6 is 11.3 Å². The standard InChI is InChI=1S/C14H10N2OS/c15-12-2-1-9-5-11(7-17)14(16-13(9)6-12)10-3-4-18-8-10/h1-8H,15H2. The number of anilines is 1. The maximum Gasteiger partial charge on any atom is 0.152 e. The lowest BCUT2D eigenvalue weighted by Gasteiger charge is -2.05. The molecule has 2 aromatic heterocycles. The van der Waals surface area contributed by atoms with Gasteiger partial charge in [0, 0.05) is 27.6 Å². The number of carbonyl (C=O) groups is 1. The van der Waals surface area contributed by atoms with Gasteiger partial charge in [-0.3, -0.25) is 4.79 Å². The van der Waals surface area contributed by atoms with Gasteiger partial charge in [-0.15, -0.1) is 0 Å². The molecule has 0 amide bonds. The normalized spacial score (nSPS) is 10.7. The van der Waals surface area contributed by atoms with E-state index in [-0.39, 0.29) is 0 Å². The van der Waals surface area contributed by atoms with E-state index in [2.05, 4.69) is 4.98 Å². The molecule has 0 aliphatic carbocycles. The van der Waals surface area contributed by atoms with Crippen LogP contribution in [-0.4, -0.2) is 11.3 Å². The summed E-state index contributed by atoms with van der Waals surface area (Å²) in [7, 11) is 0. The quantitative estimate of drug-likeness (QED) is 0.563. The zero-order valence-corrected chi connectivity index (χ0v) is 10.3. The van der Waals surface area contributed by atoms with Gasteiger partial charge in [0.25, 0.3) is 0 Å². The van der Waals surface area contributed by atoms with E-state index in [1.54, 1.807) is 11.3 Å². The SMILES string of the molecule is Nc1ccc2cc(C=O)c(-c3ccsc3)nc2c1. The number of hydrogen-bond acceptors (Lipinski definition) is 4. The Balaban J connectivity index is 2.33. The maximum atomic E-state index is 11.2. The average molecular weight is 254 g/mol. The second kappa shape index (κ2) is 4.23. The molecular weight excluding hydrogens is 244 g/mol. The third-order valence-corrected chi connectivity index (χ3v) is 3.48. The van der Waals surface area contributed by atoms with E-state index in [1.807, 2.05) is 41.1 Å². The van der Waals surface area contributed by atoms with Gasteiger partial charge in [-0.25, -0.2) is 4.98 Å². The molecule has 0 saturated heterocycles. The lowest BCUT2D eigenvalue weighted by Crippen LogP contribution is -1.93. The van der Waals surface area contributed by atoms with Gasteiger partial charge in [0.15, 0.2) is 6.29 Å². The van der Waals surface area contributed by atoms with Crippen molar-refractivity contribution in [2.24, 2.45) is 0 Å². The first-order valence-corrected chi connectivity index (χ1v) is 6.40. The molecule has 0 fully saturated rings. The highest BCUT2D eigenvalue weighted by Gasteiger charge is 2.09. The summed E-state index contributed by atoms with van der Waals surface area (Å²) in [6.45, 7) is 0. The molecule has 3 rings (SSSR count). The third-order valence-electron chi connectivity index (χ3n) is 2.79. The smallest absolute Gasteiger partial charge is 0.152 e. The molecule has 88 valence electrons. The van der Waals surface area contributed by atoms with Gasteiger partial charge in [-0.1, -0.05) is 6.07 Å². The number of benzene rings is 1. The van der Waals surface area contributed by atoms with E-state index < -0.39 is 0 Å². The second-order valence-electron chi connectivity index (χ2n) is 4.01. The first kappa shape index (κ1) is 10.9.